The van der Waals surface area contributed by atoms with Crippen molar-refractivity contribution < 1.29 is 14.3 Å². The lowest BCUT2D eigenvalue weighted by Crippen LogP contribution is -2.30. The summed E-state index contributed by atoms with van der Waals surface area (Å²) < 4.78 is 11.3. The highest BCUT2D eigenvalue weighted by Crippen LogP contribution is 2.36. The van der Waals surface area contributed by atoms with Crippen LogP contribution < -0.4 is 14.4 Å². The molecule has 0 aliphatic rings. The maximum atomic E-state index is 12.8. The molecule has 1 amide bonds. The average Bonchev–Trinajstić information content (AvgIpc) is 2.56. The highest BCUT2D eigenvalue weighted by Gasteiger charge is 2.20. The van der Waals surface area contributed by atoms with Gasteiger partial charge in [-0.2, -0.15) is 0 Å². The molecule has 2 rings (SSSR count). The number of para-hydroxylation sites is 1. The third-order valence-corrected chi connectivity index (χ3v) is 4.10. The molecule has 0 spiro atoms. The molecule has 0 aliphatic carbocycles. The van der Waals surface area contributed by atoms with Crippen molar-refractivity contribution in [2.75, 3.05) is 25.7 Å². The molecule has 2 aromatic rings. The number of anilines is 1. The number of methoxy groups -OCH3 is 2. The Morgan fingerprint density at radius 1 is 1.09 bits per heavy atom. The molecule has 0 radical (unpaired) electrons. The quantitative estimate of drug-likeness (QED) is 0.801. The fourth-order valence-corrected chi connectivity index (χ4v) is 2.75. The number of ether oxygens (including phenoxy) is 2. The second-order valence-corrected chi connectivity index (χ2v) is 5.37. The zero-order valence-electron chi connectivity index (χ0n) is 12.8. The Balaban J connectivity index is 2.44. The van der Waals surface area contributed by atoms with Crippen molar-refractivity contribution in [2.24, 2.45) is 0 Å². The molecule has 0 aliphatic heterocycles. The smallest absolute Gasteiger partial charge is 0.258 e. The van der Waals surface area contributed by atoms with E-state index in [4.69, 9.17) is 9.47 Å². The van der Waals surface area contributed by atoms with E-state index in [0.29, 0.717) is 28.1 Å². The molecule has 4 nitrogen and oxygen atoms in total. The lowest BCUT2D eigenvalue weighted by molar-refractivity contribution is 0.0987. The van der Waals surface area contributed by atoms with Gasteiger partial charge >= 0.3 is 0 Å². The number of carbonyl (C=O) groups excluding carboxylic acids is 1. The van der Waals surface area contributed by atoms with Crippen molar-refractivity contribution in [1.29, 1.82) is 0 Å². The van der Waals surface area contributed by atoms with Gasteiger partial charge in [-0.1, -0.05) is 18.2 Å². The van der Waals surface area contributed by atoms with Gasteiger partial charge < -0.3 is 14.4 Å². The minimum absolute atomic E-state index is 0.0993. The van der Waals surface area contributed by atoms with Gasteiger partial charge in [-0.3, -0.25) is 4.79 Å². The van der Waals surface area contributed by atoms with Crippen LogP contribution in [0.5, 0.6) is 11.5 Å². The number of rotatable bonds is 5. The van der Waals surface area contributed by atoms with Crippen LogP contribution in [0.25, 0.3) is 0 Å². The Labute approximate surface area is 138 Å². The van der Waals surface area contributed by atoms with Gasteiger partial charge in [-0.05, 0) is 47.1 Å². The molecule has 0 saturated carbocycles. The van der Waals surface area contributed by atoms with Crippen molar-refractivity contribution in [2.45, 2.75) is 6.92 Å². The summed E-state index contributed by atoms with van der Waals surface area (Å²) in [5.41, 5.74) is 1.37. The first kappa shape index (κ1) is 16.4. The van der Waals surface area contributed by atoms with Gasteiger partial charge in [0.05, 0.1) is 14.2 Å². The minimum atomic E-state index is -0.0993. The number of nitrogens with zero attached hydrogens (tertiary/aromatic N) is 1. The first-order valence-corrected chi connectivity index (χ1v) is 7.70. The molecule has 0 N–H and O–H groups in total. The maximum Gasteiger partial charge on any atom is 0.258 e. The number of amides is 1. The fourth-order valence-electron chi connectivity index (χ4n) is 2.20. The summed E-state index contributed by atoms with van der Waals surface area (Å²) >= 11 is 3.41. The van der Waals surface area contributed by atoms with E-state index in [0.717, 1.165) is 5.69 Å². The zero-order valence-corrected chi connectivity index (χ0v) is 14.4. The van der Waals surface area contributed by atoms with Gasteiger partial charge in [0.2, 0.25) is 0 Å². The number of hydrogen-bond donors (Lipinski definition) is 0. The Morgan fingerprint density at radius 3 is 2.09 bits per heavy atom. The van der Waals surface area contributed by atoms with Crippen LogP contribution >= 0.6 is 15.9 Å². The van der Waals surface area contributed by atoms with E-state index in [1.165, 1.54) is 0 Å². The molecule has 0 aromatic heterocycles. The first-order valence-electron chi connectivity index (χ1n) is 6.90. The predicted octanol–water partition coefficient (Wildman–Crippen LogP) is 4.13. The predicted molar refractivity (Wildman–Crippen MR) is 91.0 cm³/mol. The first-order chi connectivity index (χ1) is 10.6. The Bertz CT molecular complexity index is 633. The maximum absolute atomic E-state index is 12.8. The number of benzene rings is 2. The second-order valence-electron chi connectivity index (χ2n) is 4.58. The van der Waals surface area contributed by atoms with E-state index in [9.17, 15) is 4.79 Å². The van der Waals surface area contributed by atoms with E-state index < -0.39 is 0 Å². The summed E-state index contributed by atoms with van der Waals surface area (Å²) in [5.74, 6) is 1.02. The van der Waals surface area contributed by atoms with Gasteiger partial charge in [0.1, 0.15) is 16.0 Å². The van der Waals surface area contributed by atoms with Crippen molar-refractivity contribution in [3.8, 4) is 11.5 Å². The third kappa shape index (κ3) is 3.25. The van der Waals surface area contributed by atoms with Crippen LogP contribution in [-0.4, -0.2) is 26.7 Å². The van der Waals surface area contributed by atoms with Gasteiger partial charge in [0, 0.05) is 17.8 Å². The van der Waals surface area contributed by atoms with Crippen molar-refractivity contribution >= 4 is 27.5 Å². The summed E-state index contributed by atoms with van der Waals surface area (Å²) in [7, 11) is 3.12. The lowest BCUT2D eigenvalue weighted by Gasteiger charge is -2.22. The standard InChI is InChI=1S/C17H18BrNO3/c1-4-19(13-8-6-5-7-9-13)17(20)12-10-14(21-2)16(18)15(11-12)22-3/h5-11H,4H2,1-3H3. The van der Waals surface area contributed by atoms with Crippen LogP contribution in [0.3, 0.4) is 0 Å². The van der Waals surface area contributed by atoms with Crippen molar-refractivity contribution in [1.82, 2.24) is 0 Å². The molecule has 0 unspecified atom stereocenters. The van der Waals surface area contributed by atoms with E-state index >= 15 is 0 Å². The second kappa shape index (κ2) is 7.31. The molecule has 0 heterocycles. The van der Waals surface area contributed by atoms with E-state index in [-0.39, 0.29) is 5.91 Å². The van der Waals surface area contributed by atoms with E-state index in [1.807, 2.05) is 37.3 Å². The highest BCUT2D eigenvalue weighted by atomic mass is 79.9. The molecular formula is C17H18BrNO3. The van der Waals surface area contributed by atoms with Gasteiger partial charge in [0.25, 0.3) is 5.91 Å². The molecule has 22 heavy (non-hydrogen) atoms. The van der Waals surface area contributed by atoms with Crippen LogP contribution in [0.15, 0.2) is 46.9 Å². The Morgan fingerprint density at radius 2 is 1.64 bits per heavy atom. The van der Waals surface area contributed by atoms with E-state index in [1.54, 1.807) is 31.3 Å². The summed E-state index contributed by atoms with van der Waals surface area (Å²) in [6.07, 6.45) is 0. The normalized spacial score (nSPS) is 10.2. The number of halogens is 1. The molecule has 0 fully saturated rings. The summed E-state index contributed by atoms with van der Waals surface area (Å²) in [5, 5.41) is 0. The Hall–Kier alpha value is -2.01. The molecule has 116 valence electrons. The molecular weight excluding hydrogens is 346 g/mol. The van der Waals surface area contributed by atoms with Crippen molar-refractivity contribution in [3.63, 3.8) is 0 Å². The zero-order chi connectivity index (χ0) is 16.1. The van der Waals surface area contributed by atoms with Crippen LogP contribution in [0.2, 0.25) is 0 Å². The van der Waals surface area contributed by atoms with Crippen molar-refractivity contribution in [3.05, 3.63) is 52.5 Å². The van der Waals surface area contributed by atoms with Crippen LogP contribution in [0.4, 0.5) is 5.69 Å². The molecule has 5 heteroatoms. The highest BCUT2D eigenvalue weighted by molar-refractivity contribution is 9.10. The van der Waals surface area contributed by atoms with Crippen LogP contribution in [0.1, 0.15) is 17.3 Å². The average molecular weight is 364 g/mol. The monoisotopic (exact) mass is 363 g/mol. The fraction of sp³-hybridized carbons (Fsp3) is 0.235. The lowest BCUT2D eigenvalue weighted by atomic mass is 10.1. The topological polar surface area (TPSA) is 38.8 Å². The molecule has 0 saturated heterocycles. The number of hydrogen-bond acceptors (Lipinski definition) is 3. The molecule has 0 atom stereocenters. The van der Waals surface area contributed by atoms with Gasteiger partial charge in [-0.15, -0.1) is 0 Å². The SMILES string of the molecule is CCN(C(=O)c1cc(OC)c(Br)c(OC)c1)c1ccccc1. The molecule has 0 bridgehead atoms. The molecule has 2 aromatic carbocycles. The van der Waals surface area contributed by atoms with Crippen LogP contribution in [-0.2, 0) is 0 Å². The minimum Gasteiger partial charge on any atom is -0.495 e. The summed E-state index contributed by atoms with van der Waals surface area (Å²) in [6, 6.07) is 13.0. The summed E-state index contributed by atoms with van der Waals surface area (Å²) in [6.45, 7) is 2.52. The van der Waals surface area contributed by atoms with Gasteiger partial charge in [-0.25, -0.2) is 0 Å². The summed E-state index contributed by atoms with van der Waals surface area (Å²) in [4.78, 5) is 14.5. The largest absolute Gasteiger partial charge is 0.495 e. The Kier molecular flexibility index (Phi) is 5.44. The van der Waals surface area contributed by atoms with E-state index in [2.05, 4.69) is 15.9 Å². The van der Waals surface area contributed by atoms with Gasteiger partial charge in [0.15, 0.2) is 0 Å². The van der Waals surface area contributed by atoms with Crippen LogP contribution in [0, 0.1) is 0 Å². The third-order valence-electron chi connectivity index (χ3n) is 3.32. The number of carbonyl (C=O) groups is 1.